The van der Waals surface area contributed by atoms with Crippen LogP contribution in [-0.4, -0.2) is 48.3 Å². The second-order valence-electron chi connectivity index (χ2n) is 5.55. The highest BCUT2D eigenvalue weighted by molar-refractivity contribution is 7.18. The van der Waals surface area contributed by atoms with Crippen molar-refractivity contribution in [1.29, 1.82) is 5.26 Å². The van der Waals surface area contributed by atoms with Crippen LogP contribution in [0.5, 0.6) is 0 Å². The molecule has 22 heavy (non-hydrogen) atoms. The van der Waals surface area contributed by atoms with Gasteiger partial charge in [-0.3, -0.25) is 0 Å². The summed E-state index contributed by atoms with van der Waals surface area (Å²) >= 11 is 1.71. The molecule has 0 saturated carbocycles. The number of thiazole rings is 1. The second kappa shape index (κ2) is 5.59. The molecule has 4 rings (SSSR count). The third-order valence-electron chi connectivity index (χ3n) is 4.24. The number of ether oxygens (including phenoxy) is 1. The first-order valence-corrected chi connectivity index (χ1v) is 8.21. The van der Waals surface area contributed by atoms with Gasteiger partial charge in [0.2, 0.25) is 0 Å². The van der Waals surface area contributed by atoms with Gasteiger partial charge in [-0.05, 0) is 5.56 Å². The fourth-order valence-corrected chi connectivity index (χ4v) is 4.15. The highest BCUT2D eigenvalue weighted by Gasteiger charge is 2.41. The predicted molar refractivity (Wildman–Crippen MR) is 85.6 cm³/mol. The Kier molecular flexibility index (Phi) is 3.45. The van der Waals surface area contributed by atoms with Gasteiger partial charge in [0, 0.05) is 12.7 Å². The van der Waals surface area contributed by atoms with Crippen molar-refractivity contribution in [3.8, 4) is 16.6 Å². The second-order valence-corrected chi connectivity index (χ2v) is 6.56. The smallest absolute Gasteiger partial charge is 0.186 e. The van der Waals surface area contributed by atoms with Crippen molar-refractivity contribution in [1.82, 2.24) is 9.88 Å². The van der Waals surface area contributed by atoms with Crippen molar-refractivity contribution in [2.45, 2.75) is 12.1 Å². The molecule has 5 nitrogen and oxygen atoms in total. The van der Waals surface area contributed by atoms with E-state index in [2.05, 4.69) is 28.2 Å². The average Bonchev–Trinajstić information content (AvgIpc) is 3.22. The molecule has 112 valence electrons. The van der Waals surface area contributed by atoms with E-state index >= 15 is 0 Å². The fourth-order valence-electron chi connectivity index (χ4n) is 3.14. The van der Waals surface area contributed by atoms with Gasteiger partial charge in [0.1, 0.15) is 0 Å². The molecule has 0 bridgehead atoms. The van der Waals surface area contributed by atoms with Crippen molar-refractivity contribution in [2.24, 2.45) is 0 Å². The molecule has 1 aromatic carbocycles. The lowest BCUT2D eigenvalue weighted by Gasteiger charge is -2.36. The zero-order valence-corrected chi connectivity index (χ0v) is 12.9. The number of rotatable bonds is 2. The van der Waals surface area contributed by atoms with Crippen molar-refractivity contribution < 1.29 is 4.74 Å². The number of nitriles is 1. The summed E-state index contributed by atoms with van der Waals surface area (Å²) in [5.74, 6) is 0. The van der Waals surface area contributed by atoms with Crippen LogP contribution in [0, 0.1) is 11.5 Å². The highest BCUT2D eigenvalue weighted by atomic mass is 32.1. The Bertz CT molecular complexity index is 696. The number of anilines is 1. The van der Waals surface area contributed by atoms with E-state index in [1.54, 1.807) is 16.2 Å². The van der Waals surface area contributed by atoms with E-state index in [0.717, 1.165) is 18.2 Å². The van der Waals surface area contributed by atoms with Gasteiger partial charge < -0.3 is 14.5 Å². The lowest BCUT2D eigenvalue weighted by molar-refractivity contribution is 0.0326. The highest BCUT2D eigenvalue weighted by Crippen LogP contribution is 2.34. The zero-order valence-electron chi connectivity index (χ0n) is 12.1. The maximum absolute atomic E-state index is 9.11. The number of benzene rings is 1. The summed E-state index contributed by atoms with van der Waals surface area (Å²) in [6.07, 6.45) is 4.28. The lowest BCUT2D eigenvalue weighted by Crippen LogP contribution is -2.50. The van der Waals surface area contributed by atoms with E-state index in [0.29, 0.717) is 13.2 Å². The minimum atomic E-state index is 0.109. The van der Waals surface area contributed by atoms with Crippen LogP contribution in [0.25, 0.3) is 10.4 Å². The zero-order chi connectivity index (χ0) is 14.9. The minimum absolute atomic E-state index is 0.109. The SMILES string of the molecule is N#CN1C[C@@H]2[C@@H](C1)OCCN2c1ncc(-c2ccccc2)s1. The molecule has 0 amide bonds. The standard InChI is InChI=1S/C16H16N4OS/c17-11-19-9-13-14(10-19)21-7-6-20(13)16-18-8-15(22-16)12-4-2-1-3-5-12/h1-5,8,13-14H,6-7,9-10H2/t13-,14-/m1/s1. The van der Waals surface area contributed by atoms with Gasteiger partial charge in [-0.2, -0.15) is 5.26 Å². The molecule has 0 spiro atoms. The van der Waals surface area contributed by atoms with Crippen LogP contribution < -0.4 is 4.90 Å². The Morgan fingerprint density at radius 2 is 2.14 bits per heavy atom. The third kappa shape index (κ3) is 2.32. The Hall–Kier alpha value is -2.10. The maximum atomic E-state index is 9.11. The van der Waals surface area contributed by atoms with Gasteiger partial charge in [0.05, 0.1) is 36.7 Å². The largest absolute Gasteiger partial charge is 0.372 e. The summed E-state index contributed by atoms with van der Waals surface area (Å²) in [6.45, 7) is 2.94. The molecule has 1 aromatic heterocycles. The van der Waals surface area contributed by atoms with Crippen LogP contribution in [0.1, 0.15) is 0 Å². The van der Waals surface area contributed by atoms with Gasteiger partial charge in [0.15, 0.2) is 11.3 Å². The Morgan fingerprint density at radius 1 is 1.27 bits per heavy atom. The molecule has 2 aliphatic heterocycles. The number of aromatic nitrogens is 1. The van der Waals surface area contributed by atoms with Gasteiger partial charge in [-0.25, -0.2) is 4.98 Å². The number of fused-ring (bicyclic) bond motifs is 1. The molecule has 2 atom stereocenters. The third-order valence-corrected chi connectivity index (χ3v) is 5.32. The number of likely N-dealkylation sites (tertiary alicyclic amines) is 1. The predicted octanol–water partition coefficient (Wildman–Crippen LogP) is 2.18. The first kappa shape index (κ1) is 13.6. The number of hydrogen-bond acceptors (Lipinski definition) is 6. The molecule has 0 aliphatic carbocycles. The first-order chi connectivity index (χ1) is 10.8. The molecule has 0 N–H and O–H groups in total. The molecule has 2 aliphatic rings. The quantitative estimate of drug-likeness (QED) is 0.796. The number of nitrogens with zero attached hydrogens (tertiary/aromatic N) is 4. The van der Waals surface area contributed by atoms with Crippen LogP contribution in [0.2, 0.25) is 0 Å². The van der Waals surface area contributed by atoms with Gasteiger partial charge in [0.25, 0.3) is 0 Å². The molecular formula is C16H16N4OS. The maximum Gasteiger partial charge on any atom is 0.186 e. The molecule has 0 unspecified atom stereocenters. The summed E-state index contributed by atoms with van der Waals surface area (Å²) in [5.41, 5.74) is 1.20. The van der Waals surface area contributed by atoms with Crippen molar-refractivity contribution >= 4 is 16.5 Å². The molecular weight excluding hydrogens is 296 g/mol. The van der Waals surface area contributed by atoms with Gasteiger partial charge >= 0.3 is 0 Å². The molecule has 3 heterocycles. The molecule has 2 aromatic rings. The van der Waals surface area contributed by atoms with Crippen LogP contribution in [-0.2, 0) is 4.74 Å². The van der Waals surface area contributed by atoms with E-state index in [9.17, 15) is 0 Å². The number of morpholine rings is 1. The molecule has 0 radical (unpaired) electrons. The summed E-state index contributed by atoms with van der Waals surface area (Å²) in [6, 6.07) is 10.5. The minimum Gasteiger partial charge on any atom is -0.372 e. The molecule has 2 saturated heterocycles. The van der Waals surface area contributed by atoms with E-state index in [-0.39, 0.29) is 12.1 Å². The Balaban J connectivity index is 1.60. The lowest BCUT2D eigenvalue weighted by atomic mass is 10.1. The van der Waals surface area contributed by atoms with Crippen molar-refractivity contribution in [2.75, 3.05) is 31.1 Å². The Labute approximate surface area is 133 Å². The topological polar surface area (TPSA) is 52.4 Å². The average molecular weight is 312 g/mol. The normalized spacial score (nSPS) is 24.1. The monoisotopic (exact) mass is 312 g/mol. The summed E-state index contributed by atoms with van der Waals surface area (Å²) < 4.78 is 5.82. The van der Waals surface area contributed by atoms with E-state index in [1.165, 1.54) is 10.4 Å². The molecule has 2 fully saturated rings. The van der Waals surface area contributed by atoms with Crippen molar-refractivity contribution in [3.63, 3.8) is 0 Å². The van der Waals surface area contributed by atoms with Gasteiger partial charge in [-0.1, -0.05) is 41.7 Å². The Morgan fingerprint density at radius 3 is 2.95 bits per heavy atom. The van der Waals surface area contributed by atoms with Crippen molar-refractivity contribution in [3.05, 3.63) is 36.5 Å². The molecule has 6 heteroatoms. The van der Waals surface area contributed by atoms with Crippen LogP contribution in [0.3, 0.4) is 0 Å². The van der Waals surface area contributed by atoms with E-state index < -0.39 is 0 Å². The van der Waals surface area contributed by atoms with Gasteiger partial charge in [-0.15, -0.1) is 0 Å². The summed E-state index contributed by atoms with van der Waals surface area (Å²) in [5, 5.41) is 10.1. The summed E-state index contributed by atoms with van der Waals surface area (Å²) in [4.78, 5) is 9.88. The van der Waals surface area contributed by atoms with Crippen LogP contribution >= 0.6 is 11.3 Å². The van der Waals surface area contributed by atoms with E-state index in [4.69, 9.17) is 10.00 Å². The first-order valence-electron chi connectivity index (χ1n) is 7.39. The number of hydrogen-bond donors (Lipinski definition) is 0. The fraction of sp³-hybridized carbons (Fsp3) is 0.375. The van der Waals surface area contributed by atoms with Crippen LogP contribution in [0.4, 0.5) is 5.13 Å². The van der Waals surface area contributed by atoms with E-state index in [1.807, 2.05) is 24.4 Å². The summed E-state index contributed by atoms with van der Waals surface area (Å²) in [7, 11) is 0. The van der Waals surface area contributed by atoms with Crippen LogP contribution in [0.15, 0.2) is 36.5 Å².